The minimum atomic E-state index is -0.901. The topological polar surface area (TPSA) is 40.5 Å². The van der Waals surface area contributed by atoms with Crippen LogP contribution in [0, 0.1) is 0 Å². The highest BCUT2D eigenvalue weighted by Gasteiger charge is 2.41. The van der Waals surface area contributed by atoms with Gasteiger partial charge in [-0.3, -0.25) is 4.90 Å². The van der Waals surface area contributed by atoms with Crippen molar-refractivity contribution < 1.29 is 9.90 Å². The molecule has 1 heterocycles. The zero-order valence-electron chi connectivity index (χ0n) is 9.93. The zero-order valence-corrected chi connectivity index (χ0v) is 10.7. The molecule has 0 aromatic heterocycles. The number of aliphatic carboxylic acids is 1. The second-order valence-corrected chi connectivity index (χ2v) is 5.57. The lowest BCUT2D eigenvalue weighted by molar-refractivity contribution is -0.151. The molecule has 1 fully saturated rings. The molecule has 0 aliphatic carbocycles. The molecule has 17 heavy (non-hydrogen) atoms. The molecule has 0 bridgehead atoms. The fourth-order valence-corrected chi connectivity index (χ4v) is 3.12. The van der Waals surface area contributed by atoms with Crippen molar-refractivity contribution in [3.05, 3.63) is 35.9 Å². The maximum absolute atomic E-state index is 11.7. The van der Waals surface area contributed by atoms with E-state index in [9.17, 15) is 9.90 Å². The summed E-state index contributed by atoms with van der Waals surface area (Å²) in [5, 5.41) is 9.59. The average Bonchev–Trinajstić information content (AvgIpc) is 2.39. The SMILES string of the molecule is CC(C(=O)O)(c1ccccc1)N1CCSCC1. The molecule has 1 aliphatic rings. The van der Waals surface area contributed by atoms with Crippen LogP contribution in [0.5, 0.6) is 0 Å². The van der Waals surface area contributed by atoms with Crippen molar-refractivity contribution in [2.75, 3.05) is 24.6 Å². The highest BCUT2D eigenvalue weighted by atomic mass is 32.2. The first-order valence-corrected chi connectivity index (χ1v) is 6.93. The lowest BCUT2D eigenvalue weighted by Gasteiger charge is -2.40. The maximum Gasteiger partial charge on any atom is 0.328 e. The molecule has 0 saturated carbocycles. The Balaban J connectivity index is 2.35. The van der Waals surface area contributed by atoms with Gasteiger partial charge in [-0.05, 0) is 12.5 Å². The number of rotatable bonds is 3. The zero-order chi connectivity index (χ0) is 12.3. The highest BCUT2D eigenvalue weighted by molar-refractivity contribution is 7.99. The van der Waals surface area contributed by atoms with E-state index >= 15 is 0 Å². The predicted molar refractivity (Wildman–Crippen MR) is 70.3 cm³/mol. The monoisotopic (exact) mass is 251 g/mol. The van der Waals surface area contributed by atoms with Gasteiger partial charge in [-0.25, -0.2) is 4.79 Å². The molecule has 92 valence electrons. The van der Waals surface area contributed by atoms with Crippen molar-refractivity contribution in [2.45, 2.75) is 12.5 Å². The number of benzene rings is 1. The lowest BCUT2D eigenvalue weighted by atomic mass is 9.90. The Labute approximate surface area is 106 Å². The standard InChI is InChI=1S/C13H17NO2S/c1-13(12(15)16,11-5-3-2-4-6-11)14-7-9-17-10-8-14/h2-6H,7-10H2,1H3,(H,15,16). The highest BCUT2D eigenvalue weighted by Crippen LogP contribution is 2.30. The predicted octanol–water partition coefficient (Wildman–Crippen LogP) is 2.04. The van der Waals surface area contributed by atoms with Crippen molar-refractivity contribution in [1.29, 1.82) is 0 Å². The van der Waals surface area contributed by atoms with Gasteiger partial charge in [0.25, 0.3) is 0 Å². The quantitative estimate of drug-likeness (QED) is 0.892. The molecule has 3 nitrogen and oxygen atoms in total. The smallest absolute Gasteiger partial charge is 0.328 e. The van der Waals surface area contributed by atoms with Crippen LogP contribution in [0.25, 0.3) is 0 Å². The number of hydrogen-bond donors (Lipinski definition) is 1. The third kappa shape index (κ3) is 2.33. The van der Waals surface area contributed by atoms with Crippen LogP contribution in [0.2, 0.25) is 0 Å². The fourth-order valence-electron chi connectivity index (χ4n) is 2.21. The van der Waals surface area contributed by atoms with Crippen molar-refractivity contribution in [1.82, 2.24) is 4.90 Å². The third-order valence-electron chi connectivity index (χ3n) is 3.40. The van der Waals surface area contributed by atoms with E-state index in [0.29, 0.717) is 0 Å². The summed E-state index contributed by atoms with van der Waals surface area (Å²) in [4.78, 5) is 13.7. The van der Waals surface area contributed by atoms with Gasteiger partial charge in [-0.15, -0.1) is 0 Å². The van der Waals surface area contributed by atoms with Crippen molar-refractivity contribution >= 4 is 17.7 Å². The molecule has 1 aromatic carbocycles. The Morgan fingerprint density at radius 3 is 2.41 bits per heavy atom. The second kappa shape index (κ2) is 5.10. The van der Waals surface area contributed by atoms with E-state index in [2.05, 4.69) is 4.90 Å². The van der Waals surface area contributed by atoms with Gasteiger partial charge >= 0.3 is 5.97 Å². The van der Waals surface area contributed by atoms with Crippen LogP contribution in [0.3, 0.4) is 0 Å². The average molecular weight is 251 g/mol. The summed E-state index contributed by atoms with van der Waals surface area (Å²) in [5.74, 6) is 1.25. The number of carbonyl (C=O) groups is 1. The largest absolute Gasteiger partial charge is 0.480 e. The minimum Gasteiger partial charge on any atom is -0.480 e. The van der Waals surface area contributed by atoms with Gasteiger partial charge < -0.3 is 5.11 Å². The van der Waals surface area contributed by atoms with Crippen molar-refractivity contribution in [3.8, 4) is 0 Å². The van der Waals surface area contributed by atoms with E-state index < -0.39 is 11.5 Å². The molecule has 1 atom stereocenters. The molecule has 0 amide bonds. The molecule has 2 rings (SSSR count). The molecular formula is C13H17NO2S. The van der Waals surface area contributed by atoms with E-state index in [1.54, 1.807) is 6.92 Å². The first-order valence-electron chi connectivity index (χ1n) is 5.77. The Kier molecular flexibility index (Phi) is 3.74. The summed E-state index contributed by atoms with van der Waals surface area (Å²) in [6, 6.07) is 9.51. The Morgan fingerprint density at radius 2 is 1.88 bits per heavy atom. The number of hydrogen-bond acceptors (Lipinski definition) is 3. The van der Waals surface area contributed by atoms with Gasteiger partial charge in [-0.1, -0.05) is 30.3 Å². The van der Waals surface area contributed by atoms with Crippen molar-refractivity contribution in [3.63, 3.8) is 0 Å². The van der Waals surface area contributed by atoms with Crippen LogP contribution in [0.1, 0.15) is 12.5 Å². The molecule has 1 aromatic rings. The van der Waals surface area contributed by atoms with Crippen LogP contribution in [-0.2, 0) is 10.3 Å². The van der Waals surface area contributed by atoms with Gasteiger partial charge in [0, 0.05) is 24.6 Å². The van der Waals surface area contributed by atoms with E-state index in [1.165, 1.54) is 0 Å². The number of carboxylic acids is 1. The van der Waals surface area contributed by atoms with Gasteiger partial charge in [-0.2, -0.15) is 11.8 Å². The molecule has 1 aliphatic heterocycles. The van der Waals surface area contributed by atoms with E-state index in [-0.39, 0.29) is 0 Å². The van der Waals surface area contributed by atoms with Gasteiger partial charge in [0.1, 0.15) is 5.54 Å². The van der Waals surface area contributed by atoms with Crippen LogP contribution in [0.4, 0.5) is 0 Å². The molecular weight excluding hydrogens is 234 g/mol. The lowest BCUT2D eigenvalue weighted by Crippen LogP contribution is -2.52. The van der Waals surface area contributed by atoms with Crippen LogP contribution in [0.15, 0.2) is 30.3 Å². The summed E-state index contributed by atoms with van der Waals surface area (Å²) >= 11 is 1.89. The minimum absolute atomic E-state index is 0.768. The summed E-state index contributed by atoms with van der Waals surface area (Å²) in [5.41, 5.74) is -0.0400. The summed E-state index contributed by atoms with van der Waals surface area (Å²) < 4.78 is 0. The van der Waals surface area contributed by atoms with E-state index in [4.69, 9.17) is 0 Å². The van der Waals surface area contributed by atoms with Gasteiger partial charge in [0.2, 0.25) is 0 Å². The number of thioether (sulfide) groups is 1. The summed E-state index contributed by atoms with van der Waals surface area (Å²) in [6.07, 6.45) is 0. The third-order valence-corrected chi connectivity index (χ3v) is 4.34. The van der Waals surface area contributed by atoms with Crippen LogP contribution < -0.4 is 0 Å². The van der Waals surface area contributed by atoms with Crippen LogP contribution >= 0.6 is 11.8 Å². The molecule has 0 radical (unpaired) electrons. The molecule has 4 heteroatoms. The summed E-state index contributed by atoms with van der Waals surface area (Å²) in [6.45, 7) is 3.48. The van der Waals surface area contributed by atoms with E-state index in [0.717, 1.165) is 30.2 Å². The number of nitrogens with zero attached hydrogens (tertiary/aromatic N) is 1. The molecule has 1 unspecified atom stereocenters. The summed E-state index contributed by atoms with van der Waals surface area (Å²) in [7, 11) is 0. The first kappa shape index (κ1) is 12.5. The van der Waals surface area contributed by atoms with Gasteiger partial charge in [0.05, 0.1) is 0 Å². The van der Waals surface area contributed by atoms with Gasteiger partial charge in [0.15, 0.2) is 0 Å². The maximum atomic E-state index is 11.7. The first-order chi connectivity index (χ1) is 8.15. The Hall–Kier alpha value is -1.00. The normalized spacial score (nSPS) is 20.8. The van der Waals surface area contributed by atoms with E-state index in [1.807, 2.05) is 42.1 Å². The Morgan fingerprint density at radius 1 is 1.29 bits per heavy atom. The molecule has 1 N–H and O–H groups in total. The Bertz CT molecular complexity index is 390. The second-order valence-electron chi connectivity index (χ2n) is 4.34. The molecule has 0 spiro atoms. The number of carboxylic acid groups (broad SMARTS) is 1. The van der Waals surface area contributed by atoms with Crippen molar-refractivity contribution in [2.24, 2.45) is 0 Å². The fraction of sp³-hybridized carbons (Fsp3) is 0.462. The molecule has 1 saturated heterocycles. The van der Waals surface area contributed by atoms with Crippen LogP contribution in [-0.4, -0.2) is 40.6 Å².